The number of nitrogens with one attached hydrogen (secondary N) is 2. The van der Waals surface area contributed by atoms with Crippen LogP contribution in [0.2, 0.25) is 0 Å². The van der Waals surface area contributed by atoms with Crippen LogP contribution in [0.25, 0.3) is 0 Å². The molecule has 0 spiro atoms. The summed E-state index contributed by atoms with van der Waals surface area (Å²) < 4.78 is 0. The Morgan fingerprint density at radius 1 is 1.09 bits per heavy atom. The van der Waals surface area contributed by atoms with E-state index in [1.54, 1.807) is 56.5 Å². The quantitative estimate of drug-likeness (QED) is 0.208. The van der Waals surface area contributed by atoms with E-state index in [4.69, 9.17) is 10.8 Å². The van der Waals surface area contributed by atoms with Crippen molar-refractivity contribution in [2.45, 2.75) is 19.8 Å². The van der Waals surface area contributed by atoms with Gasteiger partial charge in [-0.2, -0.15) is 0 Å². The molecule has 0 atom stereocenters. The third kappa shape index (κ3) is 6.24. The van der Waals surface area contributed by atoms with E-state index in [0.717, 1.165) is 16.9 Å². The molecule has 0 unspecified atom stereocenters. The summed E-state index contributed by atoms with van der Waals surface area (Å²) in [5.41, 5.74) is 2.55. The van der Waals surface area contributed by atoms with Gasteiger partial charge in [0.1, 0.15) is 6.29 Å². The molecule has 0 fully saturated rings. The van der Waals surface area contributed by atoms with E-state index >= 15 is 0 Å². The molecular weight excluding hydrogens is 420 g/mol. The summed E-state index contributed by atoms with van der Waals surface area (Å²) in [5, 5.41) is 17.0. The largest absolute Gasteiger partial charge is 0.303 e. The second kappa shape index (κ2) is 11.5. The highest BCUT2D eigenvalue weighted by atomic mass is 16.2. The standard InChI is InChI=1S/C17H18N2O3.C8H8N2O/c1-4-7-12(2)15(20)10-11-18(3)19-16(21)13-8-5-6-9-14(13)17(19)22;9-7-2-1-6(3-4-11)5-8(7)10/h4-9H,1,10-11H2,2-3H3;1-2,4-5,9-10H,3H2/b12-7+;. The molecule has 1 heterocycles. The van der Waals surface area contributed by atoms with Crippen LogP contribution >= 0.6 is 0 Å². The summed E-state index contributed by atoms with van der Waals surface area (Å²) in [5.74, 6) is -0.744. The summed E-state index contributed by atoms with van der Waals surface area (Å²) in [6.07, 6.45) is 9.29. The number of allylic oxidation sites excluding steroid dienone is 7. The van der Waals surface area contributed by atoms with Crippen LogP contribution in [-0.4, -0.2) is 58.9 Å². The number of hydrogen-bond acceptors (Lipinski definition) is 7. The van der Waals surface area contributed by atoms with Gasteiger partial charge in [0.15, 0.2) is 5.78 Å². The zero-order chi connectivity index (χ0) is 24.5. The maximum absolute atomic E-state index is 12.3. The van der Waals surface area contributed by atoms with Crippen molar-refractivity contribution in [3.05, 3.63) is 83.5 Å². The van der Waals surface area contributed by atoms with Crippen molar-refractivity contribution in [3.8, 4) is 0 Å². The molecule has 8 heteroatoms. The Bertz CT molecular complexity index is 1080. The molecule has 1 aromatic carbocycles. The molecule has 33 heavy (non-hydrogen) atoms. The van der Waals surface area contributed by atoms with E-state index in [1.165, 1.54) is 17.2 Å². The van der Waals surface area contributed by atoms with Gasteiger partial charge in [-0.05, 0) is 42.4 Å². The second-order valence-electron chi connectivity index (χ2n) is 7.36. The number of rotatable bonds is 8. The summed E-state index contributed by atoms with van der Waals surface area (Å²) in [6.45, 7) is 5.55. The molecule has 0 saturated heterocycles. The molecule has 1 aliphatic heterocycles. The highest BCUT2D eigenvalue weighted by Gasteiger charge is 2.37. The molecule has 2 aliphatic rings. The predicted molar refractivity (Wildman–Crippen MR) is 127 cm³/mol. The van der Waals surface area contributed by atoms with Gasteiger partial charge in [0.25, 0.3) is 11.8 Å². The lowest BCUT2D eigenvalue weighted by molar-refractivity contribution is -0.116. The summed E-state index contributed by atoms with van der Waals surface area (Å²) in [4.78, 5) is 46.5. The molecular formula is C25H26N4O4. The molecule has 3 rings (SSSR count). The molecule has 2 amide bonds. The van der Waals surface area contributed by atoms with Gasteiger partial charge in [-0.25, -0.2) is 10.0 Å². The molecule has 2 N–H and O–H groups in total. The highest BCUT2D eigenvalue weighted by molar-refractivity contribution is 6.49. The summed E-state index contributed by atoms with van der Waals surface area (Å²) in [7, 11) is 1.63. The number of ketones is 1. The zero-order valence-electron chi connectivity index (χ0n) is 18.6. The van der Waals surface area contributed by atoms with E-state index in [2.05, 4.69) is 6.58 Å². The number of hydrogen-bond donors (Lipinski definition) is 2. The topological polar surface area (TPSA) is 122 Å². The van der Waals surface area contributed by atoms with Gasteiger partial charge in [0.05, 0.1) is 22.6 Å². The Balaban J connectivity index is 0.000000294. The van der Waals surface area contributed by atoms with Crippen LogP contribution in [0.3, 0.4) is 0 Å². The van der Waals surface area contributed by atoms with Crippen molar-refractivity contribution in [3.63, 3.8) is 0 Å². The van der Waals surface area contributed by atoms with Crippen molar-refractivity contribution >= 4 is 35.3 Å². The SMILES string of the molecule is C=C/C=C(\C)C(=O)CCN(C)N1C(=O)c2ccccc2C1=O.N=C1C=CC(CC=O)=CC1=N. The Hall–Kier alpha value is -4.04. The molecule has 1 aliphatic carbocycles. The van der Waals surface area contributed by atoms with Gasteiger partial charge in [-0.15, -0.1) is 0 Å². The number of carbonyl (C=O) groups is 4. The van der Waals surface area contributed by atoms with Crippen LogP contribution in [0.1, 0.15) is 40.5 Å². The van der Waals surface area contributed by atoms with Gasteiger partial charge < -0.3 is 4.79 Å². The number of amides is 2. The average molecular weight is 447 g/mol. The minimum atomic E-state index is -0.353. The van der Waals surface area contributed by atoms with Gasteiger partial charge in [0, 0.05) is 26.4 Å². The fourth-order valence-corrected chi connectivity index (χ4v) is 3.13. The van der Waals surface area contributed by atoms with Gasteiger partial charge in [0.2, 0.25) is 0 Å². The van der Waals surface area contributed by atoms with Crippen molar-refractivity contribution in [2.75, 3.05) is 13.6 Å². The maximum atomic E-state index is 12.3. The smallest absolute Gasteiger partial charge is 0.276 e. The minimum Gasteiger partial charge on any atom is -0.303 e. The van der Waals surface area contributed by atoms with Crippen LogP contribution in [0.4, 0.5) is 0 Å². The van der Waals surface area contributed by atoms with E-state index in [9.17, 15) is 19.2 Å². The molecule has 0 aromatic heterocycles. The van der Waals surface area contributed by atoms with E-state index in [1.807, 2.05) is 0 Å². The minimum absolute atomic E-state index is 0.0386. The van der Waals surface area contributed by atoms with Crippen LogP contribution in [0, 0.1) is 10.8 Å². The van der Waals surface area contributed by atoms with Gasteiger partial charge in [-0.3, -0.25) is 25.2 Å². The predicted octanol–water partition coefficient (Wildman–Crippen LogP) is 3.33. The van der Waals surface area contributed by atoms with Gasteiger partial charge >= 0.3 is 0 Å². The molecule has 1 aromatic rings. The van der Waals surface area contributed by atoms with Crippen LogP contribution in [-0.2, 0) is 9.59 Å². The van der Waals surface area contributed by atoms with Crippen LogP contribution < -0.4 is 0 Å². The fourth-order valence-electron chi connectivity index (χ4n) is 3.13. The number of benzene rings is 1. The van der Waals surface area contributed by atoms with Crippen molar-refractivity contribution in [2.24, 2.45) is 0 Å². The van der Waals surface area contributed by atoms with Crippen LogP contribution in [0.5, 0.6) is 0 Å². The van der Waals surface area contributed by atoms with E-state index in [0.29, 0.717) is 23.1 Å². The lowest BCUT2D eigenvalue weighted by Gasteiger charge is -2.25. The first-order valence-electron chi connectivity index (χ1n) is 10.2. The zero-order valence-corrected chi connectivity index (χ0v) is 18.6. The maximum Gasteiger partial charge on any atom is 0.276 e. The second-order valence-corrected chi connectivity index (χ2v) is 7.36. The van der Waals surface area contributed by atoms with Crippen molar-refractivity contribution in [1.82, 2.24) is 10.0 Å². The van der Waals surface area contributed by atoms with E-state index in [-0.39, 0.29) is 42.0 Å². The molecule has 0 saturated carbocycles. The number of hydrazine groups is 1. The first-order valence-corrected chi connectivity index (χ1v) is 10.2. The number of Topliss-reactive ketones (excluding diaryl/α,β-unsaturated/α-hetero) is 1. The number of carbonyl (C=O) groups excluding carboxylic acids is 4. The number of imide groups is 1. The summed E-state index contributed by atoms with van der Waals surface area (Å²) in [6, 6.07) is 6.71. The number of aldehydes is 1. The Labute approximate surface area is 192 Å². The third-order valence-corrected chi connectivity index (χ3v) is 4.99. The lowest BCUT2D eigenvalue weighted by Crippen LogP contribution is -2.44. The Kier molecular flexibility index (Phi) is 8.82. The van der Waals surface area contributed by atoms with Crippen molar-refractivity contribution < 1.29 is 19.2 Å². The van der Waals surface area contributed by atoms with Crippen molar-refractivity contribution in [1.29, 1.82) is 10.8 Å². The third-order valence-electron chi connectivity index (χ3n) is 4.99. The first-order chi connectivity index (χ1) is 15.7. The number of fused-ring (bicyclic) bond motifs is 1. The Morgan fingerprint density at radius 2 is 1.70 bits per heavy atom. The summed E-state index contributed by atoms with van der Waals surface area (Å²) >= 11 is 0. The van der Waals surface area contributed by atoms with Gasteiger partial charge in [-0.1, -0.05) is 36.9 Å². The Morgan fingerprint density at radius 3 is 2.21 bits per heavy atom. The average Bonchev–Trinajstić information content (AvgIpc) is 3.05. The number of nitrogens with zero attached hydrogens (tertiary/aromatic N) is 2. The monoisotopic (exact) mass is 446 g/mol. The normalized spacial score (nSPS) is 15.2. The van der Waals surface area contributed by atoms with Crippen LogP contribution in [0.15, 0.2) is 72.4 Å². The highest BCUT2D eigenvalue weighted by Crippen LogP contribution is 2.23. The first kappa shape index (κ1) is 25.2. The molecule has 170 valence electrons. The molecule has 0 bridgehead atoms. The molecule has 8 nitrogen and oxygen atoms in total. The molecule has 0 radical (unpaired) electrons. The lowest BCUT2D eigenvalue weighted by atomic mass is 10.0. The van der Waals surface area contributed by atoms with E-state index < -0.39 is 0 Å². The fraction of sp³-hybridized carbons (Fsp3) is 0.200.